The fourth-order valence-corrected chi connectivity index (χ4v) is 5.10. The van der Waals surface area contributed by atoms with Crippen molar-refractivity contribution in [3.63, 3.8) is 0 Å². The van der Waals surface area contributed by atoms with Crippen LogP contribution in [0, 0.1) is 13.8 Å². The maximum Gasteiger partial charge on any atom is 0.127 e. The number of aryl methyl sites for hydroxylation is 2. The van der Waals surface area contributed by atoms with Crippen molar-refractivity contribution in [2.75, 3.05) is 22.9 Å². The third kappa shape index (κ3) is 8.58. The van der Waals surface area contributed by atoms with E-state index in [1.165, 1.54) is 11.1 Å². The van der Waals surface area contributed by atoms with Crippen LogP contribution >= 0.6 is 0 Å². The molecule has 6 aromatic carbocycles. The molecule has 4 nitrogen and oxygen atoms in total. The molecule has 6 aromatic rings. The van der Waals surface area contributed by atoms with E-state index in [2.05, 4.69) is 133 Å². The molecule has 46 heavy (non-hydrogen) atoms. The molecule has 0 aliphatic rings. The van der Waals surface area contributed by atoms with Gasteiger partial charge < -0.3 is 19.3 Å². The van der Waals surface area contributed by atoms with Crippen molar-refractivity contribution in [1.82, 2.24) is 0 Å². The van der Waals surface area contributed by atoms with Gasteiger partial charge in [0.15, 0.2) is 0 Å². The molecule has 0 spiro atoms. The lowest BCUT2D eigenvalue weighted by molar-refractivity contribution is 0.482. The summed E-state index contributed by atoms with van der Waals surface area (Å²) in [7, 11) is 0. The summed E-state index contributed by atoms with van der Waals surface area (Å²) in [5.41, 5.74) is 6.89. The second-order valence-corrected chi connectivity index (χ2v) is 10.8. The van der Waals surface area contributed by atoms with Crippen molar-refractivity contribution < 1.29 is 9.47 Å². The van der Waals surface area contributed by atoms with Crippen LogP contribution in [0.2, 0.25) is 0 Å². The van der Waals surface area contributed by atoms with Crippen molar-refractivity contribution in [3.05, 3.63) is 169 Å². The summed E-state index contributed by atoms with van der Waals surface area (Å²) in [5.74, 6) is 3.28. The third-order valence-corrected chi connectivity index (χ3v) is 7.49. The van der Waals surface area contributed by atoms with Gasteiger partial charge in [-0.3, -0.25) is 0 Å². The number of para-hydroxylation sites is 2. The first-order valence-electron chi connectivity index (χ1n) is 16.0. The van der Waals surface area contributed by atoms with Gasteiger partial charge >= 0.3 is 0 Å². The van der Waals surface area contributed by atoms with Crippen LogP contribution in [0.1, 0.15) is 25.0 Å². The van der Waals surface area contributed by atoms with Crippen molar-refractivity contribution >= 4 is 22.7 Å². The van der Waals surface area contributed by atoms with Crippen LogP contribution in [-0.2, 0) is 0 Å². The van der Waals surface area contributed by atoms with E-state index in [1.807, 2.05) is 62.4 Å². The lowest BCUT2D eigenvalue weighted by atomic mass is 10.2. The molecule has 0 radical (unpaired) electrons. The molecular formula is C42H42N2O2. The zero-order valence-corrected chi connectivity index (χ0v) is 27.1. The molecule has 0 N–H and O–H groups in total. The molecule has 6 rings (SSSR count). The molecule has 0 unspecified atom stereocenters. The van der Waals surface area contributed by atoms with E-state index in [1.54, 1.807) is 0 Å². The molecule has 0 atom stereocenters. The highest BCUT2D eigenvalue weighted by atomic mass is 16.5. The largest absolute Gasteiger partial charge is 0.457 e. The van der Waals surface area contributed by atoms with E-state index < -0.39 is 0 Å². The topological polar surface area (TPSA) is 24.9 Å². The Hall–Kier alpha value is -5.48. The smallest absolute Gasteiger partial charge is 0.127 e. The highest BCUT2D eigenvalue weighted by molar-refractivity contribution is 5.67. The fourth-order valence-electron chi connectivity index (χ4n) is 5.10. The molecule has 0 saturated heterocycles. The minimum atomic E-state index is 0.763. The molecule has 0 fully saturated rings. The number of nitrogens with zero attached hydrogens (tertiary/aromatic N) is 2. The first-order valence-corrected chi connectivity index (χ1v) is 16.0. The van der Waals surface area contributed by atoms with Crippen LogP contribution in [0.25, 0.3) is 0 Å². The van der Waals surface area contributed by atoms with Gasteiger partial charge in [-0.15, -0.1) is 0 Å². The lowest BCUT2D eigenvalue weighted by Crippen LogP contribution is -2.30. The number of rotatable bonds is 11. The number of benzene rings is 6. The summed E-state index contributed by atoms with van der Waals surface area (Å²) in [6.45, 7) is 9.68. The zero-order chi connectivity index (χ0) is 32.1. The SMILES string of the molecule is CC.Cc1ccc(Oc2ccc(N(CCN(c3ccccc3)c3ccc(Oc4ccc(C)cc4)cc3)c3ccccc3)cc2)cc1. The van der Waals surface area contributed by atoms with Crippen molar-refractivity contribution in [2.45, 2.75) is 27.7 Å². The summed E-state index contributed by atoms with van der Waals surface area (Å²) >= 11 is 0. The average molecular weight is 607 g/mol. The first-order chi connectivity index (χ1) is 22.6. The standard InChI is InChI=1S/C40H36N2O2.C2H6/c1-31-13-21-37(22-14-31)43-39-25-17-35(18-26-39)41(33-9-5-3-6-10-33)29-30-42(34-11-7-4-8-12-34)36-19-27-40(28-20-36)44-38-23-15-32(2)16-24-38;1-2/h3-28H,29-30H2,1-2H3;1-2H3. The van der Waals surface area contributed by atoms with E-state index >= 15 is 0 Å². The Morgan fingerprint density at radius 1 is 0.348 bits per heavy atom. The van der Waals surface area contributed by atoms with Gasteiger partial charge in [-0.25, -0.2) is 0 Å². The Morgan fingerprint density at radius 3 is 0.913 bits per heavy atom. The van der Waals surface area contributed by atoms with Crippen LogP contribution in [-0.4, -0.2) is 13.1 Å². The van der Waals surface area contributed by atoms with Crippen LogP contribution < -0.4 is 19.3 Å². The molecule has 0 bridgehead atoms. The predicted octanol–water partition coefficient (Wildman–Crippen LogP) is 11.9. The van der Waals surface area contributed by atoms with Crippen molar-refractivity contribution in [2.24, 2.45) is 0 Å². The van der Waals surface area contributed by atoms with Gasteiger partial charge in [0.05, 0.1) is 0 Å². The van der Waals surface area contributed by atoms with E-state index in [-0.39, 0.29) is 0 Å². The molecular weight excluding hydrogens is 564 g/mol. The Balaban J connectivity index is 0.00000204. The van der Waals surface area contributed by atoms with Gasteiger partial charge in [0.25, 0.3) is 0 Å². The van der Waals surface area contributed by atoms with Gasteiger partial charge in [-0.05, 0) is 111 Å². The Kier molecular flexibility index (Phi) is 11.1. The summed E-state index contributed by atoms with van der Waals surface area (Å²) in [6, 6.07) is 53.9. The molecule has 0 saturated carbocycles. The maximum atomic E-state index is 6.10. The normalized spacial score (nSPS) is 10.3. The molecule has 0 aliphatic heterocycles. The molecule has 4 heteroatoms. The number of ether oxygens (including phenoxy) is 2. The number of anilines is 4. The number of hydrogen-bond acceptors (Lipinski definition) is 4. The number of hydrogen-bond donors (Lipinski definition) is 0. The van der Waals surface area contributed by atoms with Crippen LogP contribution in [0.15, 0.2) is 158 Å². The second kappa shape index (κ2) is 16.0. The first kappa shape index (κ1) is 31.9. The summed E-state index contributed by atoms with van der Waals surface area (Å²) in [6.07, 6.45) is 0. The monoisotopic (exact) mass is 606 g/mol. The molecule has 232 valence electrons. The minimum absolute atomic E-state index is 0.763. The second-order valence-electron chi connectivity index (χ2n) is 10.8. The Morgan fingerprint density at radius 2 is 0.609 bits per heavy atom. The van der Waals surface area contributed by atoms with Crippen LogP contribution in [0.5, 0.6) is 23.0 Å². The van der Waals surface area contributed by atoms with Gasteiger partial charge in [-0.2, -0.15) is 0 Å². The van der Waals surface area contributed by atoms with Gasteiger partial charge in [0.2, 0.25) is 0 Å². The van der Waals surface area contributed by atoms with E-state index in [0.717, 1.165) is 58.8 Å². The minimum Gasteiger partial charge on any atom is -0.457 e. The lowest BCUT2D eigenvalue weighted by Gasteiger charge is -2.31. The molecule has 0 amide bonds. The van der Waals surface area contributed by atoms with Gasteiger partial charge in [0.1, 0.15) is 23.0 Å². The quantitative estimate of drug-likeness (QED) is 0.146. The van der Waals surface area contributed by atoms with E-state index in [9.17, 15) is 0 Å². The molecule has 0 aliphatic carbocycles. The summed E-state index contributed by atoms with van der Waals surface area (Å²) < 4.78 is 12.2. The van der Waals surface area contributed by atoms with Gasteiger partial charge in [-0.1, -0.05) is 85.6 Å². The Labute approximate surface area is 274 Å². The van der Waals surface area contributed by atoms with Crippen LogP contribution in [0.3, 0.4) is 0 Å². The van der Waals surface area contributed by atoms with Crippen molar-refractivity contribution in [1.29, 1.82) is 0 Å². The van der Waals surface area contributed by atoms with Crippen LogP contribution in [0.4, 0.5) is 22.7 Å². The van der Waals surface area contributed by atoms with E-state index in [4.69, 9.17) is 9.47 Å². The maximum absolute atomic E-state index is 6.10. The predicted molar refractivity (Wildman–Crippen MR) is 194 cm³/mol. The molecule has 0 aromatic heterocycles. The Bertz CT molecular complexity index is 1600. The van der Waals surface area contributed by atoms with E-state index in [0.29, 0.717) is 0 Å². The highest BCUT2D eigenvalue weighted by Gasteiger charge is 2.15. The zero-order valence-electron chi connectivity index (χ0n) is 27.1. The van der Waals surface area contributed by atoms with Crippen molar-refractivity contribution in [3.8, 4) is 23.0 Å². The van der Waals surface area contributed by atoms with Gasteiger partial charge in [0, 0.05) is 35.8 Å². The molecule has 0 heterocycles. The fraction of sp³-hybridized carbons (Fsp3) is 0.143. The highest BCUT2D eigenvalue weighted by Crippen LogP contribution is 2.32. The average Bonchev–Trinajstić information content (AvgIpc) is 3.11. The third-order valence-electron chi connectivity index (χ3n) is 7.49. The summed E-state index contributed by atoms with van der Waals surface area (Å²) in [4.78, 5) is 4.70. The summed E-state index contributed by atoms with van der Waals surface area (Å²) in [5, 5.41) is 0.